The number of hydrogen-bond donors (Lipinski definition) is 1. The number of ether oxygens (including phenoxy) is 1. The van der Waals surface area contributed by atoms with E-state index in [0.717, 1.165) is 60.2 Å². The molecule has 2 heterocycles. The van der Waals surface area contributed by atoms with Crippen LogP contribution in [0.5, 0.6) is 0 Å². The van der Waals surface area contributed by atoms with Gasteiger partial charge in [-0.3, -0.25) is 9.59 Å². The highest BCUT2D eigenvalue weighted by molar-refractivity contribution is 5.97. The van der Waals surface area contributed by atoms with Crippen LogP contribution in [0.15, 0.2) is 84.9 Å². The fourth-order valence-corrected chi connectivity index (χ4v) is 6.07. The highest BCUT2D eigenvalue weighted by Crippen LogP contribution is 2.29. The summed E-state index contributed by atoms with van der Waals surface area (Å²) in [6.45, 7) is 5.48. The van der Waals surface area contributed by atoms with Crippen molar-refractivity contribution in [2.75, 3.05) is 36.5 Å². The molecule has 6 rings (SSSR count). The first-order valence-electron chi connectivity index (χ1n) is 15.1. The van der Waals surface area contributed by atoms with Gasteiger partial charge in [0.15, 0.2) is 0 Å². The van der Waals surface area contributed by atoms with E-state index in [-0.39, 0.29) is 24.3 Å². The Labute approximate surface area is 252 Å². The van der Waals surface area contributed by atoms with Crippen LogP contribution in [0.2, 0.25) is 0 Å². The van der Waals surface area contributed by atoms with E-state index in [1.165, 1.54) is 0 Å². The molecule has 9 heteroatoms. The predicted molar refractivity (Wildman–Crippen MR) is 168 cm³/mol. The third-order valence-corrected chi connectivity index (χ3v) is 8.50. The first-order chi connectivity index (χ1) is 21.1. The number of aromatic nitrogens is 3. The Morgan fingerprint density at radius 3 is 2.53 bits per heavy atom. The summed E-state index contributed by atoms with van der Waals surface area (Å²) in [7, 11) is 0. The minimum absolute atomic E-state index is 0.00696. The summed E-state index contributed by atoms with van der Waals surface area (Å²) in [5.41, 5.74) is 5.42. The maximum absolute atomic E-state index is 14.3. The van der Waals surface area contributed by atoms with Gasteiger partial charge in [0.05, 0.1) is 18.7 Å². The number of rotatable bonds is 9. The number of anilines is 2. The van der Waals surface area contributed by atoms with Gasteiger partial charge in [0, 0.05) is 31.0 Å². The number of aryl methyl sites for hydroxylation is 1. The first-order valence-corrected chi connectivity index (χ1v) is 15.1. The Hall–Kier alpha value is -4.50. The summed E-state index contributed by atoms with van der Waals surface area (Å²) in [5.74, 6) is -0.362. The quantitative estimate of drug-likeness (QED) is 0.282. The molecule has 1 aliphatic heterocycles. The average molecular weight is 579 g/mol. The molecule has 0 radical (unpaired) electrons. The lowest BCUT2D eigenvalue weighted by Crippen LogP contribution is -2.52. The predicted octanol–water partition coefficient (Wildman–Crippen LogP) is 4.97. The van der Waals surface area contributed by atoms with Crippen molar-refractivity contribution in [3.63, 3.8) is 0 Å². The minimum Gasteiger partial charge on any atom is -0.378 e. The van der Waals surface area contributed by atoms with Gasteiger partial charge in [-0.05, 0) is 79.6 Å². The van der Waals surface area contributed by atoms with E-state index in [4.69, 9.17) is 4.74 Å². The molecular formula is C34H38N6O3. The lowest BCUT2D eigenvalue weighted by molar-refractivity contribution is -0.142. The second-order valence-corrected chi connectivity index (χ2v) is 11.3. The highest BCUT2D eigenvalue weighted by atomic mass is 16.5. The Kier molecular flexibility index (Phi) is 8.79. The van der Waals surface area contributed by atoms with Crippen LogP contribution >= 0.6 is 0 Å². The molecule has 3 aromatic carbocycles. The molecule has 222 valence electrons. The van der Waals surface area contributed by atoms with Crippen LogP contribution in [0.1, 0.15) is 30.4 Å². The molecule has 1 saturated heterocycles. The number of fused-ring (bicyclic) bond motifs is 1. The van der Waals surface area contributed by atoms with Crippen LogP contribution in [-0.2, 0) is 27.4 Å². The molecule has 2 amide bonds. The van der Waals surface area contributed by atoms with Crippen LogP contribution in [0.3, 0.4) is 0 Å². The molecule has 1 N–H and O–H groups in total. The Balaban J connectivity index is 1.30. The molecule has 4 aromatic rings. The number of morpholine rings is 1. The largest absolute Gasteiger partial charge is 0.378 e. The molecule has 0 bridgehead atoms. The summed E-state index contributed by atoms with van der Waals surface area (Å²) in [6, 6.07) is 22.9. The van der Waals surface area contributed by atoms with Gasteiger partial charge < -0.3 is 19.9 Å². The number of amides is 2. The molecule has 2 unspecified atom stereocenters. The minimum atomic E-state index is -0.661. The fourth-order valence-electron chi connectivity index (χ4n) is 6.07. The summed E-state index contributed by atoms with van der Waals surface area (Å²) in [4.78, 5) is 32.5. The van der Waals surface area contributed by atoms with Gasteiger partial charge >= 0.3 is 0 Å². The molecular weight excluding hydrogens is 540 g/mol. The number of carbonyl (C=O) groups excluding carboxylic acids is 2. The van der Waals surface area contributed by atoms with Crippen LogP contribution < -0.4 is 10.2 Å². The number of allylic oxidation sites excluding steroid dienone is 2. The van der Waals surface area contributed by atoms with E-state index in [1.54, 1.807) is 9.58 Å². The van der Waals surface area contributed by atoms with Crippen molar-refractivity contribution in [3.05, 3.63) is 96.1 Å². The number of nitrogens with zero attached hydrogens (tertiary/aromatic N) is 5. The number of hydrogen-bond acceptors (Lipinski definition) is 6. The third-order valence-electron chi connectivity index (χ3n) is 8.50. The average Bonchev–Trinajstić information content (AvgIpc) is 3.45. The van der Waals surface area contributed by atoms with Gasteiger partial charge in [0.1, 0.15) is 18.1 Å². The SMILES string of the molecule is Cc1ccccc1CN(C(=O)Cn1nnc2ccccc21)C(C(=O)Nc1ccc(N2CCOCC2)cc1)C1CC=CCC1. The van der Waals surface area contributed by atoms with E-state index >= 15 is 0 Å². The van der Waals surface area contributed by atoms with Crippen LogP contribution in [0, 0.1) is 12.8 Å². The summed E-state index contributed by atoms with van der Waals surface area (Å²) in [6.07, 6.45) is 6.73. The molecule has 0 saturated carbocycles. The molecule has 1 aromatic heterocycles. The number of benzene rings is 3. The Bertz CT molecular complexity index is 1590. The van der Waals surface area contributed by atoms with Gasteiger partial charge in [0.2, 0.25) is 11.8 Å². The van der Waals surface area contributed by atoms with Crippen molar-refractivity contribution in [1.29, 1.82) is 0 Å². The molecule has 2 atom stereocenters. The number of para-hydroxylation sites is 1. The normalized spacial score (nSPS) is 17.5. The van der Waals surface area contributed by atoms with E-state index in [9.17, 15) is 9.59 Å². The molecule has 1 fully saturated rings. The summed E-state index contributed by atoms with van der Waals surface area (Å²) in [5, 5.41) is 11.7. The maximum atomic E-state index is 14.3. The summed E-state index contributed by atoms with van der Waals surface area (Å²) >= 11 is 0. The zero-order chi connectivity index (χ0) is 29.6. The van der Waals surface area contributed by atoms with Gasteiger partial charge in [-0.1, -0.05) is 53.8 Å². The maximum Gasteiger partial charge on any atom is 0.247 e. The van der Waals surface area contributed by atoms with Crippen molar-refractivity contribution in [2.24, 2.45) is 5.92 Å². The second-order valence-electron chi connectivity index (χ2n) is 11.3. The van der Waals surface area contributed by atoms with Crippen molar-refractivity contribution in [1.82, 2.24) is 19.9 Å². The van der Waals surface area contributed by atoms with Gasteiger partial charge in [-0.15, -0.1) is 5.10 Å². The number of carbonyl (C=O) groups is 2. The standard InChI is InChI=1S/C34H38N6O3/c1-25-9-5-6-12-27(25)23-39(32(41)24-40-31-14-8-7-13-30(31)36-37-40)33(26-10-3-2-4-11-26)34(42)35-28-15-17-29(18-16-28)38-19-21-43-22-20-38/h2-3,5-9,12-18,26,33H,4,10-11,19-24H2,1H3,(H,35,42). The second kappa shape index (κ2) is 13.2. The molecule has 9 nitrogen and oxygen atoms in total. The van der Waals surface area contributed by atoms with Crippen molar-refractivity contribution in [2.45, 2.75) is 45.3 Å². The highest BCUT2D eigenvalue weighted by Gasteiger charge is 2.37. The molecule has 1 aliphatic carbocycles. The van der Waals surface area contributed by atoms with Crippen LogP contribution in [0.4, 0.5) is 11.4 Å². The first kappa shape index (κ1) is 28.6. The van der Waals surface area contributed by atoms with Crippen molar-refractivity contribution >= 4 is 34.2 Å². The van der Waals surface area contributed by atoms with E-state index < -0.39 is 6.04 Å². The topological polar surface area (TPSA) is 92.6 Å². The fraction of sp³-hybridized carbons (Fsp3) is 0.353. The smallest absolute Gasteiger partial charge is 0.247 e. The lowest BCUT2D eigenvalue weighted by atomic mass is 9.85. The van der Waals surface area contributed by atoms with Crippen molar-refractivity contribution in [3.8, 4) is 0 Å². The lowest BCUT2D eigenvalue weighted by Gasteiger charge is -2.37. The van der Waals surface area contributed by atoms with Gasteiger partial charge in [0.25, 0.3) is 0 Å². The monoisotopic (exact) mass is 578 g/mol. The van der Waals surface area contributed by atoms with E-state index in [0.29, 0.717) is 25.4 Å². The van der Waals surface area contributed by atoms with Gasteiger partial charge in [-0.2, -0.15) is 0 Å². The Morgan fingerprint density at radius 1 is 1.00 bits per heavy atom. The Morgan fingerprint density at radius 2 is 1.77 bits per heavy atom. The molecule has 0 spiro atoms. The third kappa shape index (κ3) is 6.62. The molecule has 2 aliphatic rings. The van der Waals surface area contributed by atoms with Crippen molar-refractivity contribution < 1.29 is 14.3 Å². The zero-order valence-corrected chi connectivity index (χ0v) is 24.6. The van der Waals surface area contributed by atoms with Crippen LogP contribution in [-0.4, -0.2) is 64.1 Å². The van der Waals surface area contributed by atoms with E-state index in [2.05, 4.69) is 32.7 Å². The zero-order valence-electron chi connectivity index (χ0n) is 24.6. The summed E-state index contributed by atoms with van der Waals surface area (Å²) < 4.78 is 7.11. The van der Waals surface area contributed by atoms with Crippen LogP contribution in [0.25, 0.3) is 11.0 Å². The van der Waals surface area contributed by atoms with Gasteiger partial charge in [-0.25, -0.2) is 4.68 Å². The van der Waals surface area contributed by atoms with E-state index in [1.807, 2.05) is 79.7 Å². The molecule has 43 heavy (non-hydrogen) atoms. The number of nitrogens with one attached hydrogen (secondary N) is 1.